The Hall–Kier alpha value is -3.26. The Morgan fingerprint density at radius 2 is 1.85 bits per heavy atom. The van der Waals surface area contributed by atoms with Crippen LogP contribution < -0.4 is 15.4 Å². The third-order valence-corrected chi connectivity index (χ3v) is 4.54. The first-order chi connectivity index (χ1) is 13.2. The van der Waals surface area contributed by atoms with Crippen molar-refractivity contribution >= 4 is 29.4 Å². The van der Waals surface area contributed by atoms with Gasteiger partial charge in [-0.2, -0.15) is 0 Å². The number of amides is 3. The zero-order valence-electron chi connectivity index (χ0n) is 14.6. The lowest BCUT2D eigenvalue weighted by atomic mass is 10.3. The molecule has 7 nitrogen and oxygen atoms in total. The van der Waals surface area contributed by atoms with Crippen LogP contribution in [0.25, 0.3) is 5.69 Å². The second-order valence-corrected chi connectivity index (χ2v) is 6.38. The maximum atomic E-state index is 12.0. The maximum Gasteiger partial charge on any atom is 0.325 e. The van der Waals surface area contributed by atoms with E-state index in [0.717, 1.165) is 11.4 Å². The Balaban J connectivity index is 1.55. The second-order valence-electron chi connectivity index (χ2n) is 5.43. The zero-order valence-corrected chi connectivity index (χ0v) is 15.4. The molecular formula is C19H18N4O3S. The number of hydrogen-bond donors (Lipinski definition) is 2. The molecule has 0 saturated heterocycles. The van der Waals surface area contributed by atoms with Gasteiger partial charge in [0.2, 0.25) is 5.91 Å². The summed E-state index contributed by atoms with van der Waals surface area (Å²) in [4.78, 5) is 28.1. The van der Waals surface area contributed by atoms with E-state index in [0.29, 0.717) is 10.8 Å². The number of imide groups is 1. The van der Waals surface area contributed by atoms with E-state index in [-0.39, 0.29) is 5.75 Å². The van der Waals surface area contributed by atoms with E-state index in [2.05, 4.69) is 15.6 Å². The summed E-state index contributed by atoms with van der Waals surface area (Å²) in [6.07, 6.45) is 3.47. The molecular weight excluding hydrogens is 364 g/mol. The van der Waals surface area contributed by atoms with Gasteiger partial charge in [0.1, 0.15) is 5.75 Å². The number of hydrogen-bond acceptors (Lipinski definition) is 5. The first-order valence-electron chi connectivity index (χ1n) is 8.12. The average molecular weight is 382 g/mol. The number of anilines is 1. The van der Waals surface area contributed by atoms with Crippen LogP contribution in [0.5, 0.6) is 5.75 Å². The van der Waals surface area contributed by atoms with Gasteiger partial charge in [-0.3, -0.25) is 14.7 Å². The predicted octanol–water partition coefficient (Wildman–Crippen LogP) is 3.32. The minimum atomic E-state index is -0.565. The van der Waals surface area contributed by atoms with Crippen molar-refractivity contribution in [3.8, 4) is 11.4 Å². The number of rotatable bonds is 6. The van der Waals surface area contributed by atoms with Gasteiger partial charge in [0.05, 0.1) is 12.9 Å². The molecule has 0 atom stereocenters. The fraction of sp³-hybridized carbons (Fsp3) is 0.105. The fourth-order valence-electron chi connectivity index (χ4n) is 2.31. The molecule has 2 N–H and O–H groups in total. The van der Waals surface area contributed by atoms with Crippen LogP contribution in [-0.4, -0.2) is 34.4 Å². The third-order valence-electron chi connectivity index (χ3n) is 3.57. The van der Waals surface area contributed by atoms with Crippen LogP contribution in [0.3, 0.4) is 0 Å². The summed E-state index contributed by atoms with van der Waals surface area (Å²) in [7, 11) is 1.61. The number of benzene rings is 2. The summed E-state index contributed by atoms with van der Waals surface area (Å²) in [5.74, 6) is 0.421. The van der Waals surface area contributed by atoms with Gasteiger partial charge < -0.3 is 10.1 Å². The van der Waals surface area contributed by atoms with E-state index >= 15 is 0 Å². The molecule has 3 aromatic rings. The lowest BCUT2D eigenvalue weighted by Crippen LogP contribution is -2.35. The van der Waals surface area contributed by atoms with Gasteiger partial charge in [0.15, 0.2) is 5.16 Å². The first kappa shape index (κ1) is 18.5. The molecule has 3 amide bonds. The Morgan fingerprint density at radius 3 is 2.56 bits per heavy atom. The highest BCUT2D eigenvalue weighted by atomic mass is 32.2. The molecule has 1 aromatic heterocycles. The van der Waals surface area contributed by atoms with Crippen LogP contribution >= 0.6 is 11.8 Å². The van der Waals surface area contributed by atoms with Crippen molar-refractivity contribution in [3.05, 3.63) is 67.0 Å². The molecule has 2 aromatic carbocycles. The minimum absolute atomic E-state index is 0.0649. The van der Waals surface area contributed by atoms with Crippen LogP contribution in [0.4, 0.5) is 10.5 Å². The monoisotopic (exact) mass is 382 g/mol. The summed E-state index contributed by atoms with van der Waals surface area (Å²) in [5, 5.41) is 5.55. The SMILES string of the molecule is COc1ccc(-n2ccnc2SCC(=O)NC(=O)Nc2ccccc2)cc1. The Morgan fingerprint density at radius 1 is 1.11 bits per heavy atom. The highest BCUT2D eigenvalue weighted by Gasteiger charge is 2.12. The number of nitrogens with one attached hydrogen (secondary N) is 2. The van der Waals surface area contributed by atoms with E-state index in [1.807, 2.05) is 41.1 Å². The number of nitrogens with zero attached hydrogens (tertiary/aromatic N) is 2. The van der Waals surface area contributed by atoms with Gasteiger partial charge >= 0.3 is 6.03 Å². The van der Waals surface area contributed by atoms with Crippen molar-refractivity contribution in [2.24, 2.45) is 0 Å². The summed E-state index contributed by atoms with van der Waals surface area (Å²) < 4.78 is 7.02. The molecule has 138 valence electrons. The number of urea groups is 1. The Bertz CT molecular complexity index is 910. The maximum absolute atomic E-state index is 12.0. The van der Waals surface area contributed by atoms with Gasteiger partial charge in [0.25, 0.3) is 0 Å². The fourth-order valence-corrected chi connectivity index (χ4v) is 3.09. The van der Waals surface area contributed by atoms with Crippen molar-refractivity contribution in [3.63, 3.8) is 0 Å². The first-order valence-corrected chi connectivity index (χ1v) is 9.11. The summed E-state index contributed by atoms with van der Waals surface area (Å²) in [6, 6.07) is 15.9. The number of carbonyl (C=O) groups is 2. The number of carbonyl (C=O) groups excluding carboxylic acids is 2. The van der Waals surface area contributed by atoms with E-state index < -0.39 is 11.9 Å². The Labute approximate surface area is 160 Å². The number of ether oxygens (including phenoxy) is 1. The number of thioether (sulfide) groups is 1. The van der Waals surface area contributed by atoms with E-state index in [9.17, 15) is 9.59 Å². The second kappa shape index (κ2) is 8.91. The quantitative estimate of drug-likeness (QED) is 0.639. The smallest absolute Gasteiger partial charge is 0.325 e. The minimum Gasteiger partial charge on any atom is -0.497 e. The van der Waals surface area contributed by atoms with Crippen molar-refractivity contribution in [1.82, 2.24) is 14.9 Å². The molecule has 0 bridgehead atoms. The molecule has 0 aliphatic carbocycles. The molecule has 0 fully saturated rings. The summed E-state index contributed by atoms with van der Waals surface area (Å²) >= 11 is 1.24. The normalized spacial score (nSPS) is 10.3. The van der Waals surface area contributed by atoms with Crippen LogP contribution in [0.1, 0.15) is 0 Å². The van der Waals surface area contributed by atoms with Gasteiger partial charge in [-0.05, 0) is 36.4 Å². The van der Waals surface area contributed by atoms with Crippen molar-refractivity contribution < 1.29 is 14.3 Å². The summed E-state index contributed by atoms with van der Waals surface area (Å²) in [6.45, 7) is 0. The van der Waals surface area contributed by atoms with E-state index in [1.54, 1.807) is 37.6 Å². The predicted molar refractivity (Wildman–Crippen MR) is 104 cm³/mol. The number of methoxy groups -OCH3 is 1. The zero-order chi connectivity index (χ0) is 19.1. The lowest BCUT2D eigenvalue weighted by Gasteiger charge is -2.09. The molecule has 0 aliphatic rings. The molecule has 8 heteroatoms. The lowest BCUT2D eigenvalue weighted by molar-refractivity contribution is -0.117. The molecule has 0 spiro atoms. The van der Waals surface area contributed by atoms with Gasteiger partial charge in [-0.25, -0.2) is 9.78 Å². The third kappa shape index (κ3) is 5.11. The van der Waals surface area contributed by atoms with Crippen LogP contribution in [0.2, 0.25) is 0 Å². The number of imidazole rings is 1. The van der Waals surface area contributed by atoms with Crippen LogP contribution in [0.15, 0.2) is 72.1 Å². The van der Waals surface area contributed by atoms with Gasteiger partial charge in [-0.15, -0.1) is 0 Å². The van der Waals surface area contributed by atoms with Gasteiger partial charge in [-0.1, -0.05) is 30.0 Å². The van der Waals surface area contributed by atoms with Crippen LogP contribution in [0, 0.1) is 0 Å². The molecule has 0 unspecified atom stereocenters. The van der Waals surface area contributed by atoms with Gasteiger partial charge in [0, 0.05) is 23.8 Å². The summed E-state index contributed by atoms with van der Waals surface area (Å²) in [5.41, 5.74) is 1.52. The average Bonchev–Trinajstić information content (AvgIpc) is 3.16. The Kier molecular flexibility index (Phi) is 6.11. The highest BCUT2D eigenvalue weighted by Crippen LogP contribution is 2.22. The largest absolute Gasteiger partial charge is 0.497 e. The highest BCUT2D eigenvalue weighted by molar-refractivity contribution is 7.99. The molecule has 0 radical (unpaired) electrons. The standard InChI is InChI=1S/C19H18N4O3S/c1-26-16-9-7-15(8-10-16)23-12-11-20-19(23)27-13-17(24)22-18(25)21-14-5-3-2-4-6-14/h2-12H,13H2,1H3,(H2,21,22,24,25). The van der Waals surface area contributed by atoms with Crippen LogP contribution in [-0.2, 0) is 4.79 Å². The topological polar surface area (TPSA) is 85.2 Å². The van der Waals surface area contributed by atoms with Crippen molar-refractivity contribution in [2.45, 2.75) is 5.16 Å². The molecule has 1 heterocycles. The van der Waals surface area contributed by atoms with Crippen molar-refractivity contribution in [1.29, 1.82) is 0 Å². The van der Waals surface area contributed by atoms with E-state index in [4.69, 9.17) is 4.74 Å². The number of para-hydroxylation sites is 1. The number of aromatic nitrogens is 2. The molecule has 3 rings (SSSR count). The van der Waals surface area contributed by atoms with E-state index in [1.165, 1.54) is 11.8 Å². The van der Waals surface area contributed by atoms with Crippen molar-refractivity contribution in [2.75, 3.05) is 18.2 Å². The molecule has 0 aliphatic heterocycles. The molecule has 0 saturated carbocycles. The molecule has 27 heavy (non-hydrogen) atoms.